The molecule has 0 radical (unpaired) electrons. The van der Waals surface area contributed by atoms with Crippen LogP contribution in [0.15, 0.2) is 104 Å². The van der Waals surface area contributed by atoms with Crippen LogP contribution in [0.4, 0.5) is 4.39 Å². The van der Waals surface area contributed by atoms with Crippen LogP contribution in [-0.2, 0) is 24.2 Å². The molecule has 0 spiro atoms. The van der Waals surface area contributed by atoms with Gasteiger partial charge >= 0.3 is 5.97 Å². The molecule has 12 nitrogen and oxygen atoms in total. The Hall–Kier alpha value is -5.74. The Morgan fingerprint density at radius 1 is 0.906 bits per heavy atom. The molecule has 1 saturated heterocycles. The quantitative estimate of drug-likeness (QED) is 0.0900. The van der Waals surface area contributed by atoms with Crippen LogP contribution < -0.4 is 14.2 Å². The van der Waals surface area contributed by atoms with Crippen LogP contribution in [0.1, 0.15) is 23.2 Å². The van der Waals surface area contributed by atoms with Gasteiger partial charge in [0, 0.05) is 65.8 Å². The summed E-state index contributed by atoms with van der Waals surface area (Å²) in [7, 11) is 3.69. The molecule has 3 aromatic heterocycles. The predicted octanol–water partition coefficient (Wildman–Crippen LogP) is 9.13. The van der Waals surface area contributed by atoms with Crippen molar-refractivity contribution in [1.82, 2.24) is 29.7 Å². The summed E-state index contributed by atoms with van der Waals surface area (Å²) in [5.74, 6) is -0.0621. The van der Waals surface area contributed by atoms with Gasteiger partial charge in [-0.2, -0.15) is 0 Å². The highest BCUT2D eigenvalue weighted by Gasteiger charge is 2.28. The summed E-state index contributed by atoms with van der Waals surface area (Å²) in [5.41, 5.74) is 4.71. The minimum Gasteiger partial charge on any atom is -0.496 e. The monoisotopic (exact) mass is 922 g/mol. The highest BCUT2D eigenvalue weighted by Crippen LogP contribution is 2.48. The first-order chi connectivity index (χ1) is 31.0. The molecule has 2 N–H and O–H groups in total. The molecule has 0 bridgehead atoms. The zero-order valence-electron chi connectivity index (χ0n) is 35.1. The zero-order valence-corrected chi connectivity index (χ0v) is 37.4. The fourth-order valence-corrected chi connectivity index (χ4v) is 9.40. The Morgan fingerprint density at radius 3 is 2.42 bits per heavy atom. The van der Waals surface area contributed by atoms with E-state index in [-0.39, 0.29) is 18.9 Å². The molecule has 1 aliphatic heterocycles. The molecule has 330 valence electrons. The number of thiophene rings is 1. The second-order valence-corrected chi connectivity index (χ2v) is 17.4. The molecule has 8 rings (SSSR count). The summed E-state index contributed by atoms with van der Waals surface area (Å²) in [6.07, 6.45) is 1.94. The normalized spacial score (nSPS) is 14.3. The number of hydrogen-bond donors (Lipinski definition) is 2. The van der Waals surface area contributed by atoms with Gasteiger partial charge in [0.1, 0.15) is 35.1 Å². The number of piperazine rings is 1. The van der Waals surface area contributed by atoms with Crippen molar-refractivity contribution in [2.75, 3.05) is 46.9 Å². The van der Waals surface area contributed by atoms with Crippen LogP contribution in [0.3, 0.4) is 0 Å². The maximum Gasteiger partial charge on any atom is 0.345 e. The van der Waals surface area contributed by atoms with Crippen LogP contribution in [0, 0.1) is 5.82 Å². The van der Waals surface area contributed by atoms with E-state index >= 15 is 0 Å². The minimum atomic E-state index is -1.44. The van der Waals surface area contributed by atoms with Crippen molar-refractivity contribution in [2.45, 2.75) is 38.1 Å². The third-order valence-electron chi connectivity index (χ3n) is 11.0. The lowest BCUT2D eigenvalue weighted by Crippen LogP contribution is -2.47. The van der Waals surface area contributed by atoms with Gasteiger partial charge in [-0.15, -0.1) is 11.3 Å². The summed E-state index contributed by atoms with van der Waals surface area (Å²) < 4.78 is 32.5. The minimum absolute atomic E-state index is 0.0311. The molecule has 0 saturated carbocycles. The van der Waals surface area contributed by atoms with E-state index in [4.69, 9.17) is 42.4 Å². The number of para-hydroxylation sites is 1. The number of carboxylic acid groups (broad SMARTS) is 1. The average molecular weight is 924 g/mol. The van der Waals surface area contributed by atoms with Gasteiger partial charge in [0.05, 0.1) is 29.9 Å². The number of methoxy groups -OCH3 is 1. The lowest BCUT2D eigenvalue weighted by Gasteiger charge is -2.33. The number of rotatable bonds is 17. The highest BCUT2D eigenvalue weighted by atomic mass is 35.5. The van der Waals surface area contributed by atoms with Gasteiger partial charge in [0.25, 0.3) is 0 Å². The first-order valence-corrected chi connectivity index (χ1v) is 22.3. The Bertz CT molecular complexity index is 2730. The van der Waals surface area contributed by atoms with E-state index in [0.717, 1.165) is 37.3 Å². The van der Waals surface area contributed by atoms with E-state index in [1.807, 2.05) is 42.5 Å². The van der Waals surface area contributed by atoms with Crippen molar-refractivity contribution in [1.29, 1.82) is 0 Å². The topological polar surface area (TPSA) is 143 Å². The number of likely N-dealkylation sites (N-methyl/N-ethyl adjacent to an activating group) is 1. The number of β-amino-alcohol motifs (C(OH)–C–C–N with tert-alkyl or cyclic N) is 1. The molecule has 7 aromatic rings. The maximum atomic E-state index is 14.1. The summed E-state index contributed by atoms with van der Waals surface area (Å²) >= 11 is 14.3. The van der Waals surface area contributed by atoms with E-state index in [2.05, 4.69) is 31.8 Å². The Labute approximate surface area is 383 Å². The number of fused-ring (bicyclic) bond motifs is 1. The molecule has 64 heavy (non-hydrogen) atoms. The number of halogens is 3. The molecule has 4 aromatic carbocycles. The molecule has 4 heterocycles. The number of carboxylic acids is 1. The van der Waals surface area contributed by atoms with Crippen molar-refractivity contribution >= 4 is 50.7 Å². The van der Waals surface area contributed by atoms with Crippen molar-refractivity contribution in [2.24, 2.45) is 0 Å². The van der Waals surface area contributed by atoms with Crippen LogP contribution >= 0.6 is 34.5 Å². The van der Waals surface area contributed by atoms with Gasteiger partial charge in [-0.05, 0) is 96.7 Å². The standard InChI is InChI=1S/C48H45Cl2FN6O6S/c1-56-17-19-57(20-18-56)26-37(58)13-7-29-8-14-39(62-27-36-15-16-52-45(55-36)38-5-3-4-6-40(38)61-2)31(21-29)24-41(48(59)60)63-46-43-42(32-22-33(49)25-34(50)23-32)44(64-47(43)54-28-53-46)30-9-11-35(51)12-10-30/h3-6,8-12,14-16,21-23,25,28,37,41,58H,7,13,17-20,24,26-27H2,1-2H3,(H,59,60)/t37?,41-/m1/s1. The number of hydrogen-bond acceptors (Lipinski definition) is 12. The smallest absolute Gasteiger partial charge is 0.345 e. The fourth-order valence-electron chi connectivity index (χ4n) is 7.72. The molecule has 0 amide bonds. The summed E-state index contributed by atoms with van der Waals surface area (Å²) in [5, 5.41) is 23.1. The number of aliphatic hydroxyl groups excluding tert-OH is 1. The molecular weight excluding hydrogens is 879 g/mol. The molecule has 1 aliphatic rings. The zero-order chi connectivity index (χ0) is 44.7. The second-order valence-electron chi connectivity index (χ2n) is 15.6. The van der Waals surface area contributed by atoms with Gasteiger partial charge in [0.2, 0.25) is 12.0 Å². The number of aryl methyl sites for hydroxylation is 1. The van der Waals surface area contributed by atoms with Crippen molar-refractivity contribution in [3.05, 3.63) is 136 Å². The summed E-state index contributed by atoms with van der Waals surface area (Å²) in [6.45, 7) is 4.35. The van der Waals surface area contributed by atoms with Crippen LogP contribution in [0.2, 0.25) is 10.0 Å². The molecule has 16 heteroatoms. The van der Waals surface area contributed by atoms with Crippen molar-refractivity contribution in [3.63, 3.8) is 0 Å². The molecule has 0 aliphatic carbocycles. The third-order valence-corrected chi connectivity index (χ3v) is 12.6. The number of ether oxygens (including phenoxy) is 3. The van der Waals surface area contributed by atoms with Gasteiger partial charge in [0.15, 0.2) is 5.82 Å². The molecular formula is C48H45Cl2FN6O6S. The third kappa shape index (κ3) is 10.8. The van der Waals surface area contributed by atoms with Crippen LogP contribution in [0.5, 0.6) is 17.4 Å². The molecule has 2 atom stereocenters. The van der Waals surface area contributed by atoms with Crippen molar-refractivity contribution in [3.8, 4) is 50.3 Å². The Morgan fingerprint density at radius 2 is 1.67 bits per heavy atom. The Balaban J connectivity index is 1.11. The van der Waals surface area contributed by atoms with E-state index in [1.165, 1.54) is 29.8 Å². The lowest BCUT2D eigenvalue weighted by molar-refractivity contribution is -0.145. The second kappa shape index (κ2) is 20.4. The number of aliphatic hydroxyl groups is 1. The average Bonchev–Trinajstić information content (AvgIpc) is 3.69. The summed E-state index contributed by atoms with van der Waals surface area (Å²) in [4.78, 5) is 37.2. The van der Waals surface area contributed by atoms with E-state index in [9.17, 15) is 19.4 Å². The van der Waals surface area contributed by atoms with E-state index in [1.54, 1.807) is 49.7 Å². The van der Waals surface area contributed by atoms with E-state index < -0.39 is 24.0 Å². The molecule has 1 unspecified atom stereocenters. The van der Waals surface area contributed by atoms with E-state index in [0.29, 0.717) is 89.8 Å². The Kier molecular flexibility index (Phi) is 14.3. The number of nitrogens with zero attached hydrogens (tertiary/aromatic N) is 6. The fraction of sp³-hybridized carbons (Fsp3) is 0.271. The number of aliphatic carboxylic acids is 1. The highest BCUT2D eigenvalue weighted by molar-refractivity contribution is 7.22. The van der Waals surface area contributed by atoms with Gasteiger partial charge in [-0.25, -0.2) is 29.1 Å². The first-order valence-electron chi connectivity index (χ1n) is 20.7. The largest absolute Gasteiger partial charge is 0.496 e. The molecule has 1 fully saturated rings. The van der Waals surface area contributed by atoms with Gasteiger partial charge in [-0.1, -0.05) is 59.6 Å². The number of aromatic nitrogens is 4. The predicted molar refractivity (Wildman–Crippen MR) is 247 cm³/mol. The van der Waals surface area contributed by atoms with Crippen molar-refractivity contribution < 1.29 is 33.6 Å². The lowest BCUT2D eigenvalue weighted by atomic mass is 9.99. The van der Waals surface area contributed by atoms with Gasteiger partial charge in [-0.3, -0.25) is 4.90 Å². The SMILES string of the molecule is COc1ccccc1-c1nccc(COc2ccc(CCC(O)CN3CCN(C)CC3)cc2C[C@@H](Oc2ncnc3sc(-c4ccc(F)cc4)c(-c4cc(Cl)cc(Cl)c4)c23)C(=O)O)n1. The first kappa shape index (κ1) is 44.9. The van der Waals surface area contributed by atoms with Gasteiger partial charge < -0.3 is 29.3 Å². The summed E-state index contributed by atoms with van der Waals surface area (Å²) in [6, 6.07) is 26.0. The van der Waals surface area contributed by atoms with Crippen LogP contribution in [-0.4, -0.2) is 105 Å². The number of benzene rings is 4. The number of carbonyl (C=O) groups is 1. The maximum absolute atomic E-state index is 14.1. The van der Waals surface area contributed by atoms with Crippen LogP contribution in [0.25, 0.3) is 43.2 Å².